The minimum atomic E-state index is 0.414. The molecule has 0 amide bonds. The van der Waals surface area contributed by atoms with Gasteiger partial charge in [-0.3, -0.25) is 0 Å². The molecule has 0 fully saturated rings. The number of nitrogens with zero attached hydrogens (tertiary/aromatic N) is 1. The van der Waals surface area contributed by atoms with E-state index in [0.29, 0.717) is 21.7 Å². The minimum Gasteiger partial charge on any atom is -0.369 e. The summed E-state index contributed by atoms with van der Waals surface area (Å²) in [4.78, 5) is 4.23. The Bertz CT molecular complexity index is 385. The number of hydrazine groups is 1. The van der Waals surface area contributed by atoms with Crippen molar-refractivity contribution in [2.45, 2.75) is 45.4 Å². The number of aromatic nitrogens is 1. The van der Waals surface area contributed by atoms with Crippen LogP contribution in [0.3, 0.4) is 0 Å². The summed E-state index contributed by atoms with van der Waals surface area (Å²) >= 11 is 12.0. The summed E-state index contributed by atoms with van der Waals surface area (Å²) in [6, 6.07) is 1.63. The molecule has 1 aromatic rings. The smallest absolute Gasteiger partial charge is 0.161 e. The Hall–Kier alpha value is -0.710. The number of hydrogen-bond acceptors (Lipinski definition) is 4. The number of nitrogens with one attached hydrogen (secondary N) is 2. The number of hydrogen-bond donors (Lipinski definition) is 3. The zero-order chi connectivity index (χ0) is 14.1. The highest BCUT2D eigenvalue weighted by molar-refractivity contribution is 6.37. The lowest BCUT2D eigenvalue weighted by molar-refractivity contribution is 0.617. The van der Waals surface area contributed by atoms with E-state index in [-0.39, 0.29) is 0 Å². The lowest BCUT2D eigenvalue weighted by Crippen LogP contribution is -2.11. The second-order valence-corrected chi connectivity index (χ2v) is 5.30. The normalized spacial score (nSPS) is 10.5. The zero-order valence-electron chi connectivity index (χ0n) is 11.3. The number of nitrogen functional groups attached to an aromatic ring is 1. The number of rotatable bonds is 9. The Morgan fingerprint density at radius 2 is 1.68 bits per heavy atom. The minimum absolute atomic E-state index is 0.414. The lowest BCUT2D eigenvalue weighted by Gasteiger charge is -2.10. The highest BCUT2D eigenvalue weighted by Gasteiger charge is 2.07. The van der Waals surface area contributed by atoms with E-state index in [1.54, 1.807) is 6.07 Å². The van der Waals surface area contributed by atoms with Gasteiger partial charge in [-0.05, 0) is 12.5 Å². The second kappa shape index (κ2) is 9.23. The number of unbranched alkanes of at least 4 members (excludes halogenated alkanes) is 5. The third kappa shape index (κ3) is 5.85. The fraction of sp³-hybridized carbons (Fsp3) is 0.615. The second-order valence-electron chi connectivity index (χ2n) is 4.49. The van der Waals surface area contributed by atoms with E-state index in [4.69, 9.17) is 29.0 Å². The summed E-state index contributed by atoms with van der Waals surface area (Å²) in [6.45, 7) is 3.07. The molecular formula is C13H22Cl2N4. The van der Waals surface area contributed by atoms with Gasteiger partial charge < -0.3 is 10.7 Å². The largest absolute Gasteiger partial charge is 0.369 e. The van der Waals surface area contributed by atoms with Crippen LogP contribution in [0, 0.1) is 0 Å². The SMILES string of the molecule is CCCCCCCCNc1nc(NN)c(Cl)cc1Cl. The van der Waals surface area contributed by atoms with Crippen LogP contribution in [-0.2, 0) is 0 Å². The van der Waals surface area contributed by atoms with Crippen molar-refractivity contribution < 1.29 is 0 Å². The molecule has 0 aliphatic heterocycles. The van der Waals surface area contributed by atoms with Crippen molar-refractivity contribution in [2.24, 2.45) is 5.84 Å². The van der Waals surface area contributed by atoms with Crippen molar-refractivity contribution in [2.75, 3.05) is 17.3 Å². The molecule has 1 heterocycles. The van der Waals surface area contributed by atoms with Crippen LogP contribution in [0.25, 0.3) is 0 Å². The number of anilines is 2. The summed E-state index contributed by atoms with van der Waals surface area (Å²) in [5.74, 6) is 6.37. The highest BCUT2D eigenvalue weighted by Crippen LogP contribution is 2.28. The maximum absolute atomic E-state index is 6.06. The van der Waals surface area contributed by atoms with Gasteiger partial charge in [-0.15, -0.1) is 0 Å². The molecule has 0 radical (unpaired) electrons. The van der Waals surface area contributed by atoms with Crippen LogP contribution in [0.5, 0.6) is 0 Å². The van der Waals surface area contributed by atoms with Crippen LogP contribution >= 0.6 is 23.2 Å². The van der Waals surface area contributed by atoms with E-state index in [0.717, 1.165) is 13.0 Å². The van der Waals surface area contributed by atoms with Crippen molar-refractivity contribution >= 4 is 34.8 Å². The molecule has 0 aliphatic rings. The van der Waals surface area contributed by atoms with Gasteiger partial charge in [0, 0.05) is 6.54 Å². The third-order valence-electron chi connectivity index (χ3n) is 2.89. The monoisotopic (exact) mass is 304 g/mol. The summed E-state index contributed by atoms with van der Waals surface area (Å²) < 4.78 is 0. The molecule has 0 saturated carbocycles. The topological polar surface area (TPSA) is 63.0 Å². The van der Waals surface area contributed by atoms with E-state index in [9.17, 15) is 0 Å². The van der Waals surface area contributed by atoms with Crippen LogP contribution < -0.4 is 16.6 Å². The molecule has 0 atom stereocenters. The molecule has 0 aromatic carbocycles. The van der Waals surface area contributed by atoms with Crippen LogP contribution in [0.15, 0.2) is 6.07 Å². The molecule has 6 heteroatoms. The zero-order valence-corrected chi connectivity index (χ0v) is 12.8. The molecule has 0 aliphatic carbocycles. The molecule has 0 spiro atoms. The molecule has 108 valence electrons. The molecule has 0 unspecified atom stereocenters. The standard InChI is InChI=1S/C13H22Cl2N4/c1-2-3-4-5-6-7-8-17-12-10(14)9-11(15)13(18-12)19-16/h9H,2-8,16H2,1H3,(H2,17,18,19). The van der Waals surface area contributed by atoms with Crippen molar-refractivity contribution in [3.05, 3.63) is 16.1 Å². The van der Waals surface area contributed by atoms with E-state index in [1.165, 1.54) is 32.1 Å². The van der Waals surface area contributed by atoms with E-state index >= 15 is 0 Å². The molecular weight excluding hydrogens is 283 g/mol. The molecule has 1 rings (SSSR count). The van der Waals surface area contributed by atoms with Gasteiger partial charge in [0.2, 0.25) is 0 Å². The predicted octanol–water partition coefficient (Wildman–Crippen LogP) is 4.45. The first-order valence-electron chi connectivity index (χ1n) is 6.75. The van der Waals surface area contributed by atoms with E-state index < -0.39 is 0 Å². The Kier molecular flexibility index (Phi) is 7.94. The third-order valence-corrected chi connectivity index (χ3v) is 3.47. The molecule has 1 aromatic heterocycles. The van der Waals surface area contributed by atoms with Gasteiger partial charge in [0.25, 0.3) is 0 Å². The van der Waals surface area contributed by atoms with Crippen molar-refractivity contribution in [3.63, 3.8) is 0 Å². The first kappa shape index (κ1) is 16.3. The van der Waals surface area contributed by atoms with Gasteiger partial charge in [0.15, 0.2) is 5.82 Å². The quantitative estimate of drug-likeness (QED) is 0.358. The molecule has 19 heavy (non-hydrogen) atoms. The first-order chi connectivity index (χ1) is 9.19. The maximum atomic E-state index is 6.06. The number of halogens is 2. The van der Waals surface area contributed by atoms with Gasteiger partial charge in [-0.1, -0.05) is 62.2 Å². The summed E-state index contributed by atoms with van der Waals surface area (Å²) in [5, 5.41) is 4.13. The van der Waals surface area contributed by atoms with Gasteiger partial charge in [0.1, 0.15) is 5.82 Å². The number of nitrogens with two attached hydrogens (primary N) is 1. The van der Waals surface area contributed by atoms with Gasteiger partial charge in [0.05, 0.1) is 10.0 Å². The van der Waals surface area contributed by atoms with E-state index in [2.05, 4.69) is 22.7 Å². The summed E-state index contributed by atoms with van der Waals surface area (Å²) in [7, 11) is 0. The molecule has 4 N–H and O–H groups in total. The van der Waals surface area contributed by atoms with Crippen LogP contribution in [0.1, 0.15) is 45.4 Å². The molecule has 0 saturated heterocycles. The molecule has 0 bridgehead atoms. The summed E-state index contributed by atoms with van der Waals surface area (Å²) in [5.41, 5.74) is 2.45. The lowest BCUT2D eigenvalue weighted by atomic mass is 10.1. The van der Waals surface area contributed by atoms with Gasteiger partial charge in [-0.25, -0.2) is 10.8 Å². The van der Waals surface area contributed by atoms with Crippen molar-refractivity contribution in [3.8, 4) is 0 Å². The maximum Gasteiger partial charge on any atom is 0.161 e. The predicted molar refractivity (Wildman–Crippen MR) is 83.9 cm³/mol. The van der Waals surface area contributed by atoms with Crippen LogP contribution in [-0.4, -0.2) is 11.5 Å². The molecule has 4 nitrogen and oxygen atoms in total. The number of pyridine rings is 1. The van der Waals surface area contributed by atoms with Crippen LogP contribution in [0.2, 0.25) is 10.0 Å². The fourth-order valence-electron chi connectivity index (χ4n) is 1.80. The Morgan fingerprint density at radius 3 is 2.37 bits per heavy atom. The summed E-state index contributed by atoms with van der Waals surface area (Å²) in [6.07, 6.45) is 7.53. The first-order valence-corrected chi connectivity index (χ1v) is 7.51. The highest BCUT2D eigenvalue weighted by atomic mass is 35.5. The fourth-order valence-corrected chi connectivity index (χ4v) is 2.28. The van der Waals surface area contributed by atoms with Crippen molar-refractivity contribution in [1.29, 1.82) is 0 Å². The Morgan fingerprint density at radius 1 is 1.05 bits per heavy atom. The van der Waals surface area contributed by atoms with Gasteiger partial charge in [-0.2, -0.15) is 0 Å². The van der Waals surface area contributed by atoms with Crippen molar-refractivity contribution in [1.82, 2.24) is 4.98 Å². The average Bonchev–Trinajstić information content (AvgIpc) is 2.40. The Labute approximate surface area is 125 Å². The van der Waals surface area contributed by atoms with Crippen LogP contribution in [0.4, 0.5) is 11.6 Å². The Balaban J connectivity index is 2.33. The van der Waals surface area contributed by atoms with E-state index in [1.807, 2.05) is 0 Å². The average molecular weight is 305 g/mol. The van der Waals surface area contributed by atoms with Gasteiger partial charge >= 0.3 is 0 Å².